The summed E-state index contributed by atoms with van der Waals surface area (Å²) in [5, 5.41) is 5.77. The van der Waals surface area contributed by atoms with Gasteiger partial charge in [0.2, 0.25) is 0 Å². The fourth-order valence-corrected chi connectivity index (χ4v) is 3.81. The molecule has 0 spiro atoms. The van der Waals surface area contributed by atoms with E-state index in [1.165, 1.54) is 13.3 Å². The monoisotopic (exact) mass is 526 g/mol. The van der Waals surface area contributed by atoms with E-state index < -0.39 is 28.6 Å². The van der Waals surface area contributed by atoms with Gasteiger partial charge in [0.1, 0.15) is 5.75 Å². The van der Waals surface area contributed by atoms with Crippen molar-refractivity contribution in [3.8, 4) is 11.4 Å². The highest BCUT2D eigenvalue weighted by atomic mass is 35.5. The van der Waals surface area contributed by atoms with Crippen molar-refractivity contribution in [2.24, 2.45) is 5.10 Å². The average molecular weight is 527 g/mol. The third-order valence-corrected chi connectivity index (χ3v) is 5.59. The van der Waals surface area contributed by atoms with E-state index in [2.05, 4.69) is 15.8 Å². The number of hydrazone groups is 1. The molecule has 7 nitrogen and oxygen atoms in total. The summed E-state index contributed by atoms with van der Waals surface area (Å²) in [5.41, 5.74) is 3.76. The molecular formula is C23H19Cl2F3N4O3. The summed E-state index contributed by atoms with van der Waals surface area (Å²) >= 11 is 11.8. The minimum absolute atomic E-state index is 0.243. The van der Waals surface area contributed by atoms with E-state index in [0.717, 1.165) is 29.2 Å². The summed E-state index contributed by atoms with van der Waals surface area (Å²) in [6.45, 7) is 3.70. The predicted molar refractivity (Wildman–Crippen MR) is 128 cm³/mol. The minimum atomic E-state index is -4.71. The molecule has 35 heavy (non-hydrogen) atoms. The molecule has 0 fully saturated rings. The molecule has 2 aromatic carbocycles. The Balaban J connectivity index is 1.70. The number of aromatic nitrogens is 1. The second kappa shape index (κ2) is 10.4. The van der Waals surface area contributed by atoms with E-state index >= 15 is 0 Å². The third-order valence-electron chi connectivity index (χ3n) is 4.97. The van der Waals surface area contributed by atoms with Crippen LogP contribution in [0.2, 0.25) is 10.0 Å². The number of alkyl halides is 3. The van der Waals surface area contributed by atoms with E-state index in [9.17, 15) is 22.8 Å². The lowest BCUT2D eigenvalue weighted by Gasteiger charge is -2.11. The van der Waals surface area contributed by atoms with Crippen LogP contribution >= 0.6 is 23.2 Å². The van der Waals surface area contributed by atoms with E-state index in [-0.39, 0.29) is 5.69 Å². The molecule has 0 aliphatic carbocycles. The third kappa shape index (κ3) is 5.95. The Hall–Kier alpha value is -3.50. The zero-order valence-electron chi connectivity index (χ0n) is 18.6. The molecule has 0 aliphatic rings. The molecule has 0 saturated carbocycles. The molecule has 0 bridgehead atoms. The van der Waals surface area contributed by atoms with Crippen molar-refractivity contribution >= 4 is 46.9 Å². The Morgan fingerprint density at radius 1 is 1.03 bits per heavy atom. The maximum atomic E-state index is 13.0. The first-order chi connectivity index (χ1) is 16.4. The molecule has 1 aromatic heterocycles. The number of aryl methyl sites for hydroxylation is 1. The summed E-state index contributed by atoms with van der Waals surface area (Å²) in [4.78, 5) is 24.1. The molecule has 0 saturated heterocycles. The highest BCUT2D eigenvalue weighted by molar-refractivity contribution is 6.39. The number of nitrogens with one attached hydrogen (secondary N) is 2. The molecule has 0 radical (unpaired) electrons. The molecule has 1 heterocycles. The Bertz CT molecular complexity index is 1320. The number of carbonyl (C=O) groups is 2. The van der Waals surface area contributed by atoms with E-state index in [0.29, 0.717) is 22.4 Å². The lowest BCUT2D eigenvalue weighted by molar-refractivity contribution is -0.137. The van der Waals surface area contributed by atoms with Crippen LogP contribution in [0.5, 0.6) is 5.75 Å². The van der Waals surface area contributed by atoms with Gasteiger partial charge >= 0.3 is 18.0 Å². The number of anilines is 1. The standard InChI is InChI=1S/C23H19Cl2F3N4O3/c1-12-8-14(13(2)32(12)16-5-7-20(35-3)19(25)10-16)11-29-31-22(34)21(33)30-15-4-6-18(24)17(9-15)23(26,27)28/h4-11H,1-3H3,(H,30,33)(H,31,34)/b29-11-. The molecule has 2 amide bonds. The molecular weight excluding hydrogens is 508 g/mol. The second-order valence-corrected chi connectivity index (χ2v) is 8.14. The van der Waals surface area contributed by atoms with Crippen molar-refractivity contribution in [3.63, 3.8) is 0 Å². The first kappa shape index (κ1) is 26.1. The van der Waals surface area contributed by atoms with Gasteiger partial charge < -0.3 is 14.6 Å². The first-order valence-corrected chi connectivity index (χ1v) is 10.7. The number of amides is 2. The molecule has 12 heteroatoms. The highest BCUT2D eigenvalue weighted by Gasteiger charge is 2.33. The van der Waals surface area contributed by atoms with Crippen molar-refractivity contribution in [2.75, 3.05) is 12.4 Å². The summed E-state index contributed by atoms with van der Waals surface area (Å²) in [7, 11) is 1.52. The molecule has 184 valence electrons. The number of nitrogens with zero attached hydrogens (tertiary/aromatic N) is 2. The molecule has 3 aromatic rings. The smallest absolute Gasteiger partial charge is 0.417 e. The largest absolute Gasteiger partial charge is 0.495 e. The molecule has 2 N–H and O–H groups in total. The van der Waals surface area contributed by atoms with E-state index in [1.807, 2.05) is 30.5 Å². The number of rotatable bonds is 5. The van der Waals surface area contributed by atoms with Crippen LogP contribution in [-0.4, -0.2) is 29.7 Å². The number of methoxy groups -OCH3 is 1. The van der Waals surface area contributed by atoms with Crippen LogP contribution < -0.4 is 15.5 Å². The van der Waals surface area contributed by atoms with Crippen LogP contribution in [-0.2, 0) is 15.8 Å². The number of hydrogen-bond acceptors (Lipinski definition) is 4. The molecule has 0 aliphatic heterocycles. The Kier molecular flexibility index (Phi) is 7.76. The molecule has 0 unspecified atom stereocenters. The van der Waals surface area contributed by atoms with Gasteiger partial charge in [-0.2, -0.15) is 18.3 Å². The van der Waals surface area contributed by atoms with Crippen molar-refractivity contribution in [1.29, 1.82) is 0 Å². The molecule has 0 atom stereocenters. The van der Waals surface area contributed by atoms with Crippen LogP contribution in [0.25, 0.3) is 5.69 Å². The Labute approximate surface area is 208 Å². The zero-order chi connectivity index (χ0) is 25.9. The summed E-state index contributed by atoms with van der Waals surface area (Å²) in [5.74, 6) is -1.83. The van der Waals surface area contributed by atoms with Crippen molar-refractivity contribution in [3.05, 3.63) is 75.0 Å². The second-order valence-electron chi connectivity index (χ2n) is 7.33. The van der Waals surface area contributed by atoms with Crippen molar-refractivity contribution in [2.45, 2.75) is 20.0 Å². The van der Waals surface area contributed by atoms with Gasteiger partial charge in [0, 0.05) is 28.3 Å². The van der Waals surface area contributed by atoms with Gasteiger partial charge in [-0.25, -0.2) is 5.43 Å². The quantitative estimate of drug-likeness (QED) is 0.261. The number of hydrogen-bond donors (Lipinski definition) is 2. The topological polar surface area (TPSA) is 84.7 Å². The van der Waals surface area contributed by atoms with Crippen molar-refractivity contribution < 1.29 is 27.5 Å². The van der Waals surface area contributed by atoms with Crippen LogP contribution in [0.3, 0.4) is 0 Å². The van der Waals surface area contributed by atoms with Gasteiger partial charge in [-0.05, 0) is 56.3 Å². The maximum absolute atomic E-state index is 13.0. The molecule has 3 rings (SSSR count). The van der Waals surface area contributed by atoms with E-state index in [4.69, 9.17) is 27.9 Å². The number of carbonyl (C=O) groups excluding carboxylic acids is 2. The number of ether oxygens (including phenoxy) is 1. The van der Waals surface area contributed by atoms with Crippen LogP contribution in [0.4, 0.5) is 18.9 Å². The van der Waals surface area contributed by atoms with Gasteiger partial charge in [0.05, 0.1) is 28.9 Å². The van der Waals surface area contributed by atoms with Gasteiger partial charge in [-0.15, -0.1) is 0 Å². The number of benzene rings is 2. The number of halogens is 5. The van der Waals surface area contributed by atoms with Crippen LogP contribution in [0.15, 0.2) is 47.6 Å². The fraction of sp³-hybridized carbons (Fsp3) is 0.174. The maximum Gasteiger partial charge on any atom is 0.417 e. The predicted octanol–water partition coefficient (Wildman–Crippen LogP) is 5.52. The van der Waals surface area contributed by atoms with Crippen molar-refractivity contribution in [1.82, 2.24) is 9.99 Å². The SMILES string of the molecule is COc1ccc(-n2c(C)cc(/C=N\NC(=O)C(=O)Nc3ccc(Cl)c(C(F)(F)F)c3)c2C)cc1Cl. The minimum Gasteiger partial charge on any atom is -0.495 e. The summed E-state index contributed by atoms with van der Waals surface area (Å²) < 4.78 is 46.0. The van der Waals surface area contributed by atoms with Gasteiger partial charge in [0.15, 0.2) is 0 Å². The zero-order valence-corrected chi connectivity index (χ0v) is 20.1. The highest BCUT2D eigenvalue weighted by Crippen LogP contribution is 2.36. The average Bonchev–Trinajstić information content (AvgIpc) is 3.07. The Morgan fingerprint density at radius 2 is 1.74 bits per heavy atom. The normalized spacial score (nSPS) is 11.5. The first-order valence-electron chi connectivity index (χ1n) is 9.96. The summed E-state index contributed by atoms with van der Waals surface area (Å²) in [6.07, 6.45) is -3.37. The lowest BCUT2D eigenvalue weighted by atomic mass is 10.2. The fourth-order valence-electron chi connectivity index (χ4n) is 3.33. The summed E-state index contributed by atoms with van der Waals surface area (Å²) in [6, 6.07) is 9.88. The van der Waals surface area contributed by atoms with Crippen LogP contribution in [0.1, 0.15) is 22.5 Å². The van der Waals surface area contributed by atoms with Crippen LogP contribution in [0, 0.1) is 13.8 Å². The van der Waals surface area contributed by atoms with Gasteiger partial charge in [-0.1, -0.05) is 23.2 Å². The van der Waals surface area contributed by atoms with E-state index in [1.54, 1.807) is 12.1 Å². The Morgan fingerprint density at radius 3 is 2.37 bits per heavy atom. The lowest BCUT2D eigenvalue weighted by Crippen LogP contribution is -2.32. The van der Waals surface area contributed by atoms with Gasteiger partial charge in [0.25, 0.3) is 0 Å². The van der Waals surface area contributed by atoms with Gasteiger partial charge in [-0.3, -0.25) is 9.59 Å².